The third-order valence-electron chi connectivity index (χ3n) is 3.29. The summed E-state index contributed by atoms with van der Waals surface area (Å²) in [6.45, 7) is 1.57. The highest BCUT2D eigenvalue weighted by Gasteiger charge is 2.25. The zero-order valence-electron chi connectivity index (χ0n) is 12.0. The molecule has 0 spiro atoms. The van der Waals surface area contributed by atoms with E-state index in [2.05, 4.69) is 10.0 Å². The monoisotopic (exact) mass is 336 g/mol. The fraction of sp³-hybridized carbons (Fsp3) is 0.133. The maximum atomic E-state index is 12.9. The molecule has 1 amide bonds. The molecule has 0 unspecified atom stereocenters. The highest BCUT2D eigenvalue weighted by Crippen LogP contribution is 2.32. The molecule has 0 saturated heterocycles. The van der Waals surface area contributed by atoms with E-state index >= 15 is 0 Å². The molecule has 1 heterocycles. The molecule has 8 heteroatoms. The van der Waals surface area contributed by atoms with Gasteiger partial charge in [-0.25, -0.2) is 12.8 Å². The zero-order valence-corrected chi connectivity index (χ0v) is 12.9. The van der Waals surface area contributed by atoms with Crippen LogP contribution in [0.4, 0.5) is 15.8 Å². The van der Waals surface area contributed by atoms with Crippen molar-refractivity contribution in [2.75, 3.05) is 10.0 Å². The van der Waals surface area contributed by atoms with Crippen LogP contribution >= 0.6 is 0 Å². The van der Waals surface area contributed by atoms with Gasteiger partial charge in [-0.05, 0) is 43.3 Å². The quantitative estimate of drug-likeness (QED) is 0.901. The summed E-state index contributed by atoms with van der Waals surface area (Å²) >= 11 is 0. The van der Waals surface area contributed by atoms with Gasteiger partial charge in [0, 0.05) is 11.8 Å². The molecule has 2 aromatic carbocycles. The van der Waals surface area contributed by atoms with Crippen molar-refractivity contribution >= 4 is 27.3 Å². The maximum absolute atomic E-state index is 12.9. The van der Waals surface area contributed by atoms with Crippen LogP contribution in [0.25, 0.3) is 0 Å². The molecule has 6 nitrogen and oxygen atoms in total. The summed E-state index contributed by atoms with van der Waals surface area (Å²) in [5.74, 6) is -0.475. The van der Waals surface area contributed by atoms with Crippen LogP contribution in [0.3, 0.4) is 0 Å². The fourth-order valence-corrected chi connectivity index (χ4v) is 3.15. The van der Waals surface area contributed by atoms with E-state index in [0.717, 1.165) is 12.1 Å². The van der Waals surface area contributed by atoms with Gasteiger partial charge < -0.3 is 10.1 Å². The summed E-state index contributed by atoms with van der Waals surface area (Å²) in [7, 11) is -3.86. The first-order valence-electron chi connectivity index (χ1n) is 6.75. The second-order valence-electron chi connectivity index (χ2n) is 5.02. The lowest BCUT2D eigenvalue weighted by Crippen LogP contribution is -2.34. The van der Waals surface area contributed by atoms with E-state index in [1.54, 1.807) is 6.92 Å². The number of halogens is 1. The van der Waals surface area contributed by atoms with E-state index in [9.17, 15) is 17.6 Å². The molecule has 0 radical (unpaired) electrons. The van der Waals surface area contributed by atoms with Crippen LogP contribution in [-0.4, -0.2) is 20.4 Å². The second-order valence-corrected chi connectivity index (χ2v) is 6.70. The highest BCUT2D eigenvalue weighted by molar-refractivity contribution is 7.92. The van der Waals surface area contributed by atoms with Crippen LogP contribution in [0.1, 0.15) is 6.92 Å². The SMILES string of the molecule is C[C@@H]1Oc2cc(S(=O)(=O)Nc3ccc(F)cc3)ccc2NC1=O. The van der Waals surface area contributed by atoms with E-state index in [-0.39, 0.29) is 22.2 Å². The fourth-order valence-electron chi connectivity index (χ4n) is 2.08. The predicted molar refractivity (Wildman–Crippen MR) is 82.4 cm³/mol. The number of benzene rings is 2. The van der Waals surface area contributed by atoms with Gasteiger partial charge in [0.15, 0.2) is 6.10 Å². The van der Waals surface area contributed by atoms with Crippen LogP contribution in [0.2, 0.25) is 0 Å². The lowest BCUT2D eigenvalue weighted by molar-refractivity contribution is -0.122. The Kier molecular flexibility index (Phi) is 3.69. The average molecular weight is 336 g/mol. The lowest BCUT2D eigenvalue weighted by Gasteiger charge is -2.23. The van der Waals surface area contributed by atoms with Gasteiger partial charge >= 0.3 is 0 Å². The van der Waals surface area contributed by atoms with Gasteiger partial charge in [-0.1, -0.05) is 0 Å². The first kappa shape index (κ1) is 15.3. The number of carbonyl (C=O) groups is 1. The van der Waals surface area contributed by atoms with Crippen molar-refractivity contribution in [1.82, 2.24) is 0 Å². The molecule has 23 heavy (non-hydrogen) atoms. The van der Waals surface area contributed by atoms with Crippen molar-refractivity contribution in [1.29, 1.82) is 0 Å². The van der Waals surface area contributed by atoms with E-state index in [1.165, 1.54) is 30.3 Å². The summed E-state index contributed by atoms with van der Waals surface area (Å²) in [4.78, 5) is 11.5. The average Bonchev–Trinajstić information content (AvgIpc) is 2.50. The van der Waals surface area contributed by atoms with Gasteiger partial charge in [-0.15, -0.1) is 0 Å². The van der Waals surface area contributed by atoms with Crippen molar-refractivity contribution in [3.05, 3.63) is 48.3 Å². The number of sulfonamides is 1. The van der Waals surface area contributed by atoms with Crippen molar-refractivity contribution in [2.24, 2.45) is 0 Å². The van der Waals surface area contributed by atoms with Crippen LogP contribution in [0.15, 0.2) is 47.4 Å². The first-order chi connectivity index (χ1) is 10.8. The Labute approximate surface area is 132 Å². The molecule has 120 valence electrons. The van der Waals surface area contributed by atoms with Gasteiger partial charge in [0.25, 0.3) is 15.9 Å². The summed E-state index contributed by atoms with van der Waals surface area (Å²) in [6.07, 6.45) is -0.703. The van der Waals surface area contributed by atoms with E-state index in [1.807, 2.05) is 0 Å². The minimum Gasteiger partial charge on any atom is -0.479 e. The Morgan fingerprint density at radius 3 is 2.57 bits per heavy atom. The number of ether oxygens (including phenoxy) is 1. The summed E-state index contributed by atoms with van der Waals surface area (Å²) in [5.41, 5.74) is 0.653. The van der Waals surface area contributed by atoms with Gasteiger partial charge in [-0.2, -0.15) is 0 Å². The Morgan fingerprint density at radius 2 is 1.87 bits per heavy atom. The van der Waals surface area contributed by atoms with Crippen molar-refractivity contribution in [2.45, 2.75) is 17.9 Å². The van der Waals surface area contributed by atoms with Gasteiger partial charge in [-0.3, -0.25) is 9.52 Å². The Bertz CT molecular complexity index is 866. The number of rotatable bonds is 3. The first-order valence-corrected chi connectivity index (χ1v) is 8.23. The van der Waals surface area contributed by atoms with Crippen LogP contribution in [-0.2, 0) is 14.8 Å². The Morgan fingerprint density at radius 1 is 1.17 bits per heavy atom. The molecule has 2 N–H and O–H groups in total. The molecule has 3 rings (SSSR count). The smallest absolute Gasteiger partial charge is 0.265 e. The molecule has 0 aliphatic carbocycles. The van der Waals surface area contributed by atoms with Crippen LogP contribution < -0.4 is 14.8 Å². The molecular weight excluding hydrogens is 323 g/mol. The third-order valence-corrected chi connectivity index (χ3v) is 4.67. The van der Waals surface area contributed by atoms with E-state index < -0.39 is 21.9 Å². The van der Waals surface area contributed by atoms with Crippen LogP contribution in [0.5, 0.6) is 5.75 Å². The number of hydrogen-bond donors (Lipinski definition) is 2. The standard InChI is InChI=1S/C15H13FN2O4S/c1-9-15(19)17-13-7-6-12(8-14(13)22-9)23(20,21)18-11-4-2-10(16)3-5-11/h2-9,18H,1H3,(H,17,19)/t9-/m0/s1. The second kappa shape index (κ2) is 5.54. The molecule has 1 atom stereocenters. The van der Waals surface area contributed by atoms with E-state index in [0.29, 0.717) is 5.69 Å². The van der Waals surface area contributed by atoms with E-state index in [4.69, 9.17) is 4.74 Å². The highest BCUT2D eigenvalue weighted by atomic mass is 32.2. The number of carbonyl (C=O) groups excluding carboxylic acids is 1. The van der Waals surface area contributed by atoms with Gasteiger partial charge in [0.2, 0.25) is 0 Å². The molecule has 0 aromatic heterocycles. The van der Waals surface area contributed by atoms with Crippen molar-refractivity contribution in [3.8, 4) is 5.75 Å². The predicted octanol–water partition coefficient (Wildman–Crippen LogP) is 2.35. The summed E-state index contributed by atoms with van der Waals surface area (Å²) < 4.78 is 45.4. The minimum atomic E-state index is -3.86. The Balaban J connectivity index is 1.90. The molecule has 0 fully saturated rings. The molecule has 2 aromatic rings. The summed E-state index contributed by atoms with van der Waals surface area (Å²) in [5, 5.41) is 2.62. The van der Waals surface area contributed by atoms with Crippen molar-refractivity contribution in [3.63, 3.8) is 0 Å². The van der Waals surface area contributed by atoms with Gasteiger partial charge in [0.05, 0.1) is 10.6 Å². The number of amides is 1. The third kappa shape index (κ3) is 3.11. The molecule has 0 saturated carbocycles. The molecule has 0 bridgehead atoms. The lowest BCUT2D eigenvalue weighted by atomic mass is 10.2. The maximum Gasteiger partial charge on any atom is 0.265 e. The topological polar surface area (TPSA) is 84.5 Å². The number of fused-ring (bicyclic) bond motifs is 1. The number of hydrogen-bond acceptors (Lipinski definition) is 4. The zero-order chi connectivity index (χ0) is 16.6. The minimum absolute atomic E-state index is 0.0241. The van der Waals surface area contributed by atoms with Crippen LogP contribution in [0, 0.1) is 5.82 Å². The summed E-state index contributed by atoms with van der Waals surface area (Å²) in [6, 6.07) is 9.10. The Hall–Kier alpha value is -2.61. The normalized spacial score (nSPS) is 17.0. The van der Waals surface area contributed by atoms with Crippen molar-refractivity contribution < 1.29 is 22.3 Å². The molecular formula is C15H13FN2O4S. The van der Waals surface area contributed by atoms with Gasteiger partial charge in [0.1, 0.15) is 11.6 Å². The number of nitrogens with one attached hydrogen (secondary N) is 2. The molecule has 1 aliphatic rings. The number of anilines is 2. The largest absolute Gasteiger partial charge is 0.479 e. The molecule has 1 aliphatic heterocycles.